The van der Waals surface area contributed by atoms with Crippen molar-refractivity contribution in [3.8, 4) is 0 Å². The average Bonchev–Trinajstić information content (AvgIpc) is 3.29. The van der Waals surface area contributed by atoms with E-state index in [4.69, 9.17) is 4.98 Å². The molecule has 37 heavy (non-hydrogen) atoms. The van der Waals surface area contributed by atoms with Crippen LogP contribution in [-0.2, 0) is 10.0 Å². The van der Waals surface area contributed by atoms with Crippen molar-refractivity contribution in [3.05, 3.63) is 66.0 Å². The summed E-state index contributed by atoms with van der Waals surface area (Å²) in [5.41, 5.74) is 3.13. The van der Waals surface area contributed by atoms with Crippen molar-refractivity contribution < 1.29 is 21.6 Å². The fourth-order valence-corrected chi connectivity index (χ4v) is 7.35. The number of benzene rings is 2. The third-order valence-corrected chi connectivity index (χ3v) is 9.22. The maximum absolute atomic E-state index is 12.7. The van der Waals surface area contributed by atoms with Crippen LogP contribution in [0.2, 0.25) is 0 Å². The van der Waals surface area contributed by atoms with Gasteiger partial charge in [0.15, 0.2) is 5.75 Å². The monoisotopic (exact) mass is 534 g/mol. The zero-order valence-corrected chi connectivity index (χ0v) is 21.7. The molecule has 200 valence electrons. The van der Waals surface area contributed by atoms with Crippen molar-refractivity contribution in [2.75, 3.05) is 18.8 Å². The molecule has 3 heterocycles. The summed E-state index contributed by atoms with van der Waals surface area (Å²) in [6, 6.07) is 19.0. The third kappa shape index (κ3) is 6.02. The molecule has 5 rings (SSSR count). The van der Waals surface area contributed by atoms with Gasteiger partial charge in [-0.2, -0.15) is 13.2 Å². The number of imidazole rings is 1. The second-order valence-electron chi connectivity index (χ2n) is 10.4. The van der Waals surface area contributed by atoms with E-state index in [2.05, 4.69) is 39.3 Å². The molecule has 0 amide bonds. The molecule has 3 aromatic rings. The predicted molar refractivity (Wildman–Crippen MR) is 138 cm³/mol. The number of rotatable bonds is 9. The van der Waals surface area contributed by atoms with Gasteiger partial charge in [-0.15, -0.1) is 0 Å². The summed E-state index contributed by atoms with van der Waals surface area (Å²) in [6.45, 7) is 2.80. The Morgan fingerprint density at radius 2 is 1.65 bits per heavy atom. The fourth-order valence-electron chi connectivity index (χ4n) is 6.36. The van der Waals surface area contributed by atoms with Crippen LogP contribution in [0.1, 0.15) is 55.5 Å². The first kappa shape index (κ1) is 26.2. The van der Waals surface area contributed by atoms with Gasteiger partial charge in [0.25, 0.3) is 0 Å². The van der Waals surface area contributed by atoms with Crippen LogP contribution < -0.4 is 4.72 Å². The van der Waals surface area contributed by atoms with Crippen molar-refractivity contribution in [1.82, 2.24) is 19.2 Å². The molecule has 1 aromatic heterocycles. The van der Waals surface area contributed by atoms with Crippen LogP contribution in [0, 0.1) is 6.92 Å². The Morgan fingerprint density at radius 3 is 2.32 bits per heavy atom. The Balaban J connectivity index is 1.26. The van der Waals surface area contributed by atoms with Gasteiger partial charge in [0.1, 0.15) is 5.82 Å². The Bertz CT molecular complexity index is 1310. The van der Waals surface area contributed by atoms with Crippen LogP contribution in [0.3, 0.4) is 0 Å². The minimum Gasteiger partial charge on any atom is -0.325 e. The van der Waals surface area contributed by atoms with Gasteiger partial charge in [0, 0.05) is 24.7 Å². The van der Waals surface area contributed by atoms with Crippen LogP contribution in [0.15, 0.2) is 54.6 Å². The molecule has 2 unspecified atom stereocenters. The van der Waals surface area contributed by atoms with E-state index >= 15 is 0 Å². The quantitative estimate of drug-likeness (QED) is 0.412. The highest BCUT2D eigenvalue weighted by Crippen LogP contribution is 2.42. The van der Waals surface area contributed by atoms with E-state index in [1.54, 1.807) is 0 Å². The summed E-state index contributed by atoms with van der Waals surface area (Å²) in [6.07, 6.45) is 0.222. The molecule has 6 nitrogen and oxygen atoms in total. The van der Waals surface area contributed by atoms with Gasteiger partial charge in [-0.25, -0.2) is 18.1 Å². The molecule has 2 aromatic carbocycles. The van der Waals surface area contributed by atoms with Gasteiger partial charge >= 0.3 is 6.18 Å². The Hall–Kier alpha value is -2.43. The van der Waals surface area contributed by atoms with Crippen LogP contribution in [0.4, 0.5) is 13.2 Å². The largest absolute Gasteiger partial charge is 0.404 e. The van der Waals surface area contributed by atoms with Crippen molar-refractivity contribution in [2.45, 2.75) is 69.2 Å². The molecule has 0 aliphatic carbocycles. The maximum Gasteiger partial charge on any atom is 0.404 e. The second-order valence-corrected chi connectivity index (χ2v) is 12.2. The number of sulfonamides is 1. The number of hydrogen-bond donors (Lipinski definition) is 1. The van der Waals surface area contributed by atoms with Crippen molar-refractivity contribution >= 4 is 21.1 Å². The van der Waals surface area contributed by atoms with Gasteiger partial charge in [-0.3, -0.25) is 4.90 Å². The molecule has 2 aliphatic heterocycles. The molecule has 4 atom stereocenters. The zero-order valence-electron chi connectivity index (χ0n) is 20.9. The van der Waals surface area contributed by atoms with E-state index in [1.165, 1.54) is 5.52 Å². The molecule has 2 aliphatic rings. The van der Waals surface area contributed by atoms with Gasteiger partial charge in [-0.1, -0.05) is 42.5 Å². The van der Waals surface area contributed by atoms with E-state index < -0.39 is 22.0 Å². The predicted octanol–water partition coefficient (Wildman–Crippen LogP) is 5.17. The lowest BCUT2D eigenvalue weighted by molar-refractivity contribution is -0.106. The van der Waals surface area contributed by atoms with Crippen molar-refractivity contribution in [1.29, 1.82) is 0 Å². The molecule has 0 radical (unpaired) electrons. The first-order valence-corrected chi connectivity index (χ1v) is 14.5. The molecule has 1 N–H and O–H groups in total. The van der Waals surface area contributed by atoms with E-state index in [-0.39, 0.29) is 12.5 Å². The number of aryl methyl sites for hydroxylation is 1. The summed E-state index contributed by atoms with van der Waals surface area (Å²) < 4.78 is 66.7. The molecule has 10 heteroatoms. The molecule has 2 fully saturated rings. The molecular weight excluding hydrogens is 501 g/mol. The summed E-state index contributed by atoms with van der Waals surface area (Å²) >= 11 is 0. The number of halogens is 3. The van der Waals surface area contributed by atoms with Gasteiger partial charge in [-0.05, 0) is 69.2 Å². The topological polar surface area (TPSA) is 67.2 Å². The first-order chi connectivity index (χ1) is 17.6. The molecule has 2 saturated heterocycles. The SMILES string of the molecule is Cc1nc2ccccc2n1C1C[C@H]2CC[C@@H](C1)N2CCC(CNS(=O)(=O)CC(F)(F)F)c1ccccc1. The van der Waals surface area contributed by atoms with Gasteiger partial charge in [0.2, 0.25) is 10.0 Å². The number of hydrogen-bond acceptors (Lipinski definition) is 4. The first-order valence-electron chi connectivity index (χ1n) is 12.9. The lowest BCUT2D eigenvalue weighted by Crippen LogP contribution is -2.44. The molecule has 0 saturated carbocycles. The third-order valence-electron chi connectivity index (χ3n) is 7.91. The van der Waals surface area contributed by atoms with E-state index in [0.29, 0.717) is 24.5 Å². The van der Waals surface area contributed by atoms with Gasteiger partial charge < -0.3 is 4.57 Å². The average molecular weight is 535 g/mol. The maximum atomic E-state index is 12.7. The van der Waals surface area contributed by atoms with E-state index in [9.17, 15) is 21.6 Å². The summed E-state index contributed by atoms with van der Waals surface area (Å²) in [5.74, 6) is -1.03. The van der Waals surface area contributed by atoms with Crippen LogP contribution >= 0.6 is 0 Å². The highest BCUT2D eigenvalue weighted by molar-refractivity contribution is 7.89. The Labute approximate surface area is 215 Å². The number of para-hydroxylation sites is 2. The Kier molecular flexibility index (Phi) is 7.35. The summed E-state index contributed by atoms with van der Waals surface area (Å²) in [5, 5.41) is 0. The minimum absolute atomic E-state index is 0.0472. The lowest BCUT2D eigenvalue weighted by Gasteiger charge is -2.40. The van der Waals surface area contributed by atoms with Crippen LogP contribution in [0.5, 0.6) is 0 Å². The normalized spacial score (nSPS) is 23.5. The van der Waals surface area contributed by atoms with Crippen molar-refractivity contribution in [3.63, 3.8) is 0 Å². The number of nitrogens with zero attached hydrogens (tertiary/aromatic N) is 3. The number of alkyl halides is 3. The highest BCUT2D eigenvalue weighted by atomic mass is 32.2. The van der Waals surface area contributed by atoms with Crippen LogP contribution in [0.25, 0.3) is 11.0 Å². The second kappa shape index (κ2) is 10.4. The fraction of sp³-hybridized carbons (Fsp3) is 0.519. The van der Waals surface area contributed by atoms with Gasteiger partial charge in [0.05, 0.1) is 11.0 Å². The number of piperidine rings is 1. The molecular formula is C27H33F3N4O2S. The standard InChI is InChI=1S/C27H33F3N4O2S/c1-19-32-25-9-5-6-10-26(25)34(19)24-15-22-11-12-23(16-24)33(22)14-13-21(20-7-3-2-4-8-20)17-31-37(35,36)18-27(28,29)30/h2-10,21-24,31H,11-18H2,1H3/t21?,22-,23+,24?. The van der Waals surface area contributed by atoms with Crippen molar-refractivity contribution in [2.24, 2.45) is 0 Å². The number of fused-ring (bicyclic) bond motifs is 3. The molecule has 2 bridgehead atoms. The van der Waals surface area contributed by atoms with E-state index in [1.807, 2.05) is 36.4 Å². The number of nitrogens with one attached hydrogen (secondary N) is 1. The smallest absolute Gasteiger partial charge is 0.325 e. The highest BCUT2D eigenvalue weighted by Gasteiger charge is 2.42. The van der Waals surface area contributed by atoms with E-state index in [0.717, 1.165) is 49.1 Å². The lowest BCUT2D eigenvalue weighted by atomic mass is 9.93. The minimum atomic E-state index is -4.77. The number of aromatic nitrogens is 2. The zero-order chi connectivity index (χ0) is 26.2. The summed E-state index contributed by atoms with van der Waals surface area (Å²) in [7, 11) is -4.45. The summed E-state index contributed by atoms with van der Waals surface area (Å²) in [4.78, 5) is 7.30. The molecule has 0 spiro atoms. The van der Waals surface area contributed by atoms with Crippen LogP contribution in [-0.4, -0.2) is 60.0 Å². The Morgan fingerprint density at radius 1 is 1.00 bits per heavy atom.